The van der Waals surface area contributed by atoms with Crippen LogP contribution in [-0.2, 0) is 9.53 Å². The molecule has 0 unspecified atom stereocenters. The molecule has 4 heteroatoms. The Kier molecular flexibility index (Phi) is 7.60. The van der Waals surface area contributed by atoms with Gasteiger partial charge in [-0.15, -0.1) is 0 Å². The quantitative estimate of drug-likeness (QED) is 0.261. The van der Waals surface area contributed by atoms with E-state index in [1.165, 1.54) is 5.56 Å². The summed E-state index contributed by atoms with van der Waals surface area (Å²) in [6.45, 7) is 6.39. The average Bonchev–Trinajstić information content (AvgIpc) is 2.95. The van der Waals surface area contributed by atoms with Gasteiger partial charge in [0.25, 0.3) is 0 Å². The fourth-order valence-corrected chi connectivity index (χ4v) is 5.40. The highest BCUT2D eigenvalue weighted by atomic mass is 16.5. The Balaban J connectivity index is 1.79. The SMILES string of the molecule is CCOC(=O)C1=C(Nc2ccccc2C)C[C@@H](c2ccccc2)N(c2ccccc2C)[C@@H]1c1ccccc1. The second kappa shape index (κ2) is 11.4. The molecule has 1 aliphatic heterocycles. The number of hydrogen-bond acceptors (Lipinski definition) is 4. The Morgan fingerprint density at radius 1 is 0.789 bits per heavy atom. The molecule has 38 heavy (non-hydrogen) atoms. The topological polar surface area (TPSA) is 41.6 Å². The first kappa shape index (κ1) is 25.3. The van der Waals surface area contributed by atoms with Crippen LogP contribution in [0.4, 0.5) is 11.4 Å². The van der Waals surface area contributed by atoms with Crippen molar-refractivity contribution in [3.8, 4) is 0 Å². The van der Waals surface area contributed by atoms with Crippen molar-refractivity contribution in [3.63, 3.8) is 0 Å². The molecule has 0 aliphatic carbocycles. The number of esters is 1. The van der Waals surface area contributed by atoms with E-state index in [4.69, 9.17) is 4.74 Å². The van der Waals surface area contributed by atoms with Crippen LogP contribution < -0.4 is 10.2 Å². The maximum absolute atomic E-state index is 13.8. The predicted molar refractivity (Wildman–Crippen MR) is 155 cm³/mol. The Morgan fingerprint density at radius 2 is 1.37 bits per heavy atom. The average molecular weight is 503 g/mol. The van der Waals surface area contributed by atoms with Crippen molar-refractivity contribution in [1.82, 2.24) is 0 Å². The lowest BCUT2D eigenvalue weighted by Crippen LogP contribution is -2.42. The summed E-state index contributed by atoms with van der Waals surface area (Å²) >= 11 is 0. The van der Waals surface area contributed by atoms with Crippen molar-refractivity contribution in [1.29, 1.82) is 0 Å². The molecular formula is C34H34N2O2. The van der Waals surface area contributed by atoms with Gasteiger partial charge in [0.2, 0.25) is 0 Å². The Labute approximate surface area is 225 Å². The number of benzene rings is 4. The Morgan fingerprint density at radius 3 is 2.00 bits per heavy atom. The number of hydrogen-bond donors (Lipinski definition) is 1. The molecule has 0 spiro atoms. The van der Waals surface area contributed by atoms with Crippen molar-refractivity contribution in [2.45, 2.75) is 39.3 Å². The molecule has 1 aliphatic rings. The lowest BCUT2D eigenvalue weighted by Gasteiger charge is -2.46. The third-order valence-corrected chi connectivity index (χ3v) is 7.23. The number of nitrogens with zero attached hydrogens (tertiary/aromatic N) is 1. The molecule has 0 bridgehead atoms. The molecule has 4 nitrogen and oxygen atoms in total. The van der Waals surface area contributed by atoms with Crippen LogP contribution in [-0.4, -0.2) is 12.6 Å². The summed E-state index contributed by atoms with van der Waals surface area (Å²) in [5, 5.41) is 3.68. The highest BCUT2D eigenvalue weighted by molar-refractivity contribution is 5.93. The fourth-order valence-electron chi connectivity index (χ4n) is 5.40. The van der Waals surface area contributed by atoms with Gasteiger partial charge in [0.1, 0.15) is 0 Å². The van der Waals surface area contributed by atoms with E-state index < -0.39 is 0 Å². The molecule has 4 aromatic rings. The summed E-state index contributed by atoms with van der Waals surface area (Å²) < 4.78 is 5.72. The number of rotatable bonds is 7. The molecular weight excluding hydrogens is 468 g/mol. The number of nitrogens with one attached hydrogen (secondary N) is 1. The summed E-state index contributed by atoms with van der Waals surface area (Å²) in [5.74, 6) is -0.289. The molecule has 5 rings (SSSR count). The Hall–Kier alpha value is -4.31. The third kappa shape index (κ3) is 5.08. The van der Waals surface area contributed by atoms with Gasteiger partial charge < -0.3 is 15.0 Å². The molecule has 1 N–H and O–H groups in total. The van der Waals surface area contributed by atoms with Crippen LogP contribution in [0.2, 0.25) is 0 Å². The monoisotopic (exact) mass is 502 g/mol. The standard InChI is InChI=1S/C34H34N2O2/c1-4-38-34(37)32-29(35-28-21-13-11-15-24(28)2)23-31(26-17-7-5-8-18-26)36(30-22-14-12-16-25(30)3)33(32)27-19-9-6-10-20-27/h5-22,31,33,35H,4,23H2,1-3H3/t31-,33+/m0/s1. The first-order valence-corrected chi connectivity index (χ1v) is 13.2. The number of carbonyl (C=O) groups excluding carboxylic acids is 1. The lowest BCUT2D eigenvalue weighted by molar-refractivity contribution is -0.139. The first-order valence-electron chi connectivity index (χ1n) is 13.2. The number of anilines is 2. The highest BCUT2D eigenvalue weighted by Gasteiger charge is 2.42. The van der Waals surface area contributed by atoms with E-state index in [1.54, 1.807) is 0 Å². The minimum atomic E-state index is -0.346. The van der Waals surface area contributed by atoms with Crippen molar-refractivity contribution >= 4 is 17.3 Å². The van der Waals surface area contributed by atoms with E-state index in [0.717, 1.165) is 33.8 Å². The van der Waals surface area contributed by atoms with Crippen molar-refractivity contribution < 1.29 is 9.53 Å². The van der Waals surface area contributed by atoms with E-state index in [1.807, 2.05) is 43.3 Å². The second-order valence-electron chi connectivity index (χ2n) is 9.69. The molecule has 0 amide bonds. The van der Waals surface area contributed by atoms with Gasteiger partial charge in [-0.25, -0.2) is 4.79 Å². The van der Waals surface area contributed by atoms with Crippen molar-refractivity contribution in [2.24, 2.45) is 0 Å². The van der Waals surface area contributed by atoms with Crippen molar-refractivity contribution in [2.75, 3.05) is 16.8 Å². The Bertz CT molecular complexity index is 1430. The van der Waals surface area contributed by atoms with Gasteiger partial charge >= 0.3 is 5.97 Å². The molecule has 0 saturated heterocycles. The zero-order chi connectivity index (χ0) is 26.5. The van der Waals surface area contributed by atoms with Gasteiger partial charge in [0.15, 0.2) is 0 Å². The zero-order valence-electron chi connectivity index (χ0n) is 22.2. The van der Waals surface area contributed by atoms with Gasteiger partial charge in [0.05, 0.1) is 24.3 Å². The maximum atomic E-state index is 13.8. The van der Waals surface area contributed by atoms with E-state index in [2.05, 4.69) is 96.9 Å². The van der Waals surface area contributed by atoms with E-state index in [0.29, 0.717) is 18.6 Å². The van der Waals surface area contributed by atoms with Crippen LogP contribution in [0, 0.1) is 13.8 Å². The smallest absolute Gasteiger partial charge is 0.338 e. The predicted octanol–water partition coefficient (Wildman–Crippen LogP) is 7.93. The molecule has 0 fully saturated rings. The molecule has 1 heterocycles. The molecule has 4 aromatic carbocycles. The van der Waals surface area contributed by atoms with Gasteiger partial charge in [-0.05, 0) is 55.2 Å². The largest absolute Gasteiger partial charge is 0.463 e. The van der Waals surface area contributed by atoms with Crippen LogP contribution >= 0.6 is 0 Å². The summed E-state index contributed by atoms with van der Waals surface area (Å²) in [5.41, 5.74) is 8.17. The van der Waals surface area contributed by atoms with Gasteiger partial charge in [0, 0.05) is 23.5 Å². The number of carbonyl (C=O) groups is 1. The first-order chi connectivity index (χ1) is 18.6. The van der Waals surface area contributed by atoms with E-state index in [-0.39, 0.29) is 18.1 Å². The highest BCUT2D eigenvalue weighted by Crippen LogP contribution is 2.48. The fraction of sp³-hybridized carbons (Fsp3) is 0.206. The minimum Gasteiger partial charge on any atom is -0.463 e. The summed E-state index contributed by atoms with van der Waals surface area (Å²) in [6, 6.07) is 37.1. The number of ether oxygens (including phenoxy) is 1. The lowest BCUT2D eigenvalue weighted by atomic mass is 9.83. The molecule has 0 radical (unpaired) electrons. The van der Waals surface area contributed by atoms with E-state index in [9.17, 15) is 4.79 Å². The van der Waals surface area contributed by atoms with Crippen LogP contribution in [0.25, 0.3) is 0 Å². The number of para-hydroxylation sites is 2. The minimum absolute atomic E-state index is 0.00722. The third-order valence-electron chi connectivity index (χ3n) is 7.23. The number of aryl methyl sites for hydroxylation is 2. The van der Waals surface area contributed by atoms with Crippen LogP contribution in [0.1, 0.15) is 47.7 Å². The molecule has 2 atom stereocenters. The van der Waals surface area contributed by atoms with Crippen LogP contribution in [0.15, 0.2) is 120 Å². The summed E-state index contributed by atoms with van der Waals surface area (Å²) in [4.78, 5) is 16.2. The van der Waals surface area contributed by atoms with Gasteiger partial charge in [-0.2, -0.15) is 0 Å². The summed E-state index contributed by atoms with van der Waals surface area (Å²) in [7, 11) is 0. The molecule has 0 saturated carbocycles. The maximum Gasteiger partial charge on any atom is 0.338 e. The second-order valence-corrected chi connectivity index (χ2v) is 9.69. The summed E-state index contributed by atoms with van der Waals surface area (Å²) in [6.07, 6.45) is 0.629. The zero-order valence-corrected chi connectivity index (χ0v) is 22.2. The normalized spacial score (nSPS) is 17.3. The van der Waals surface area contributed by atoms with Gasteiger partial charge in [-0.1, -0.05) is 97.1 Å². The molecule has 192 valence electrons. The van der Waals surface area contributed by atoms with Crippen LogP contribution in [0.3, 0.4) is 0 Å². The molecule has 0 aromatic heterocycles. The van der Waals surface area contributed by atoms with Gasteiger partial charge in [-0.3, -0.25) is 0 Å². The van der Waals surface area contributed by atoms with E-state index >= 15 is 0 Å². The van der Waals surface area contributed by atoms with Crippen molar-refractivity contribution in [3.05, 3.63) is 143 Å². The van der Waals surface area contributed by atoms with Crippen LogP contribution in [0.5, 0.6) is 0 Å².